The minimum Gasteiger partial charge on any atom is -0.399 e. The lowest BCUT2D eigenvalue weighted by molar-refractivity contribution is 0.671. The lowest BCUT2D eigenvalue weighted by Crippen LogP contribution is -1.98. The van der Waals surface area contributed by atoms with Gasteiger partial charge in [0, 0.05) is 5.70 Å². The van der Waals surface area contributed by atoms with Crippen molar-refractivity contribution in [1.29, 1.82) is 0 Å². The van der Waals surface area contributed by atoms with Crippen molar-refractivity contribution in [2.24, 2.45) is 5.73 Å². The molecule has 0 saturated carbocycles. The van der Waals surface area contributed by atoms with Gasteiger partial charge in [-0.15, -0.1) is 0 Å². The van der Waals surface area contributed by atoms with Crippen molar-refractivity contribution in [3.8, 4) is 0 Å². The number of hydrogen-bond acceptors (Lipinski definition) is 1. The normalized spacial score (nSPS) is 13.9. The molecule has 0 heterocycles. The Morgan fingerprint density at radius 1 is 1.25 bits per heavy atom. The maximum Gasteiger partial charge on any atom is 0.116 e. The molecule has 0 unspecified atom stereocenters. The molecule has 66 valence electrons. The molecule has 0 aromatic carbocycles. The van der Waals surface area contributed by atoms with Crippen molar-refractivity contribution in [2.45, 2.75) is 13.8 Å². The first-order valence-corrected chi connectivity index (χ1v) is 3.72. The van der Waals surface area contributed by atoms with Crippen molar-refractivity contribution >= 4 is 0 Å². The summed E-state index contributed by atoms with van der Waals surface area (Å²) in [5, 5.41) is 0. The Bertz CT molecular complexity index is 247. The quantitative estimate of drug-likeness (QED) is 0.642. The van der Waals surface area contributed by atoms with Crippen LogP contribution in [0.3, 0.4) is 0 Å². The third-order valence-electron chi connectivity index (χ3n) is 1.40. The summed E-state index contributed by atoms with van der Waals surface area (Å²) in [5.41, 5.74) is 7.04. The van der Waals surface area contributed by atoms with Crippen molar-refractivity contribution in [3.05, 3.63) is 48.0 Å². The molecule has 0 spiro atoms. The first kappa shape index (κ1) is 10.7. The highest BCUT2D eigenvalue weighted by atomic mass is 19.1. The number of nitrogens with two attached hydrogens (primary N) is 1. The summed E-state index contributed by atoms with van der Waals surface area (Å²) in [4.78, 5) is 0. The number of hydrogen-bond donors (Lipinski definition) is 1. The smallest absolute Gasteiger partial charge is 0.116 e. The van der Waals surface area contributed by atoms with E-state index in [1.807, 2.05) is 19.9 Å². The van der Waals surface area contributed by atoms with Gasteiger partial charge in [0.2, 0.25) is 0 Å². The van der Waals surface area contributed by atoms with E-state index >= 15 is 0 Å². The zero-order valence-electron chi connectivity index (χ0n) is 7.47. The Balaban J connectivity index is 4.52. The molecular formula is C10H14FN. The third kappa shape index (κ3) is 3.76. The molecule has 2 heteroatoms. The molecule has 0 aliphatic heterocycles. The van der Waals surface area contributed by atoms with Crippen molar-refractivity contribution in [1.82, 2.24) is 0 Å². The van der Waals surface area contributed by atoms with Crippen LogP contribution < -0.4 is 5.73 Å². The fourth-order valence-electron chi connectivity index (χ4n) is 0.706. The van der Waals surface area contributed by atoms with E-state index in [9.17, 15) is 4.39 Å². The van der Waals surface area contributed by atoms with Gasteiger partial charge in [0.15, 0.2) is 0 Å². The summed E-state index contributed by atoms with van der Waals surface area (Å²) in [5.74, 6) is -0.474. The van der Waals surface area contributed by atoms with Gasteiger partial charge in [-0.2, -0.15) is 0 Å². The molecule has 0 amide bonds. The van der Waals surface area contributed by atoms with Gasteiger partial charge in [0.05, 0.1) is 0 Å². The van der Waals surface area contributed by atoms with Crippen molar-refractivity contribution < 1.29 is 4.39 Å². The van der Waals surface area contributed by atoms with E-state index in [-0.39, 0.29) is 0 Å². The molecule has 0 aliphatic carbocycles. The second-order valence-corrected chi connectivity index (χ2v) is 2.27. The van der Waals surface area contributed by atoms with E-state index in [1.54, 1.807) is 12.2 Å². The molecule has 0 fully saturated rings. The Labute approximate surface area is 72.8 Å². The Kier molecular flexibility index (Phi) is 4.77. The zero-order valence-corrected chi connectivity index (χ0v) is 7.47. The van der Waals surface area contributed by atoms with Crippen LogP contribution in [0.4, 0.5) is 4.39 Å². The van der Waals surface area contributed by atoms with Crippen molar-refractivity contribution in [3.63, 3.8) is 0 Å². The van der Waals surface area contributed by atoms with E-state index in [0.29, 0.717) is 5.70 Å². The van der Waals surface area contributed by atoms with Crippen LogP contribution in [0.2, 0.25) is 0 Å². The maximum absolute atomic E-state index is 12.2. The highest BCUT2D eigenvalue weighted by Gasteiger charge is 1.92. The summed E-state index contributed by atoms with van der Waals surface area (Å²) in [6.07, 6.45) is 6.46. The monoisotopic (exact) mass is 167 g/mol. The van der Waals surface area contributed by atoms with Crippen molar-refractivity contribution in [2.75, 3.05) is 0 Å². The highest BCUT2D eigenvalue weighted by molar-refractivity contribution is 5.38. The van der Waals surface area contributed by atoms with Crippen LogP contribution in [0.25, 0.3) is 0 Å². The molecule has 0 atom stereocenters. The number of rotatable bonds is 3. The van der Waals surface area contributed by atoms with Gasteiger partial charge in [0.25, 0.3) is 0 Å². The van der Waals surface area contributed by atoms with Crippen LogP contribution in [0.5, 0.6) is 0 Å². The predicted molar refractivity (Wildman–Crippen MR) is 51.1 cm³/mol. The van der Waals surface area contributed by atoms with Gasteiger partial charge in [-0.25, -0.2) is 4.39 Å². The van der Waals surface area contributed by atoms with E-state index in [1.165, 1.54) is 6.08 Å². The molecule has 0 aromatic rings. The van der Waals surface area contributed by atoms with Gasteiger partial charge < -0.3 is 5.73 Å². The minimum atomic E-state index is -0.474. The Hall–Kier alpha value is -1.31. The predicted octanol–water partition coefficient (Wildman–Crippen LogP) is 2.83. The molecule has 0 radical (unpaired) electrons. The fourth-order valence-corrected chi connectivity index (χ4v) is 0.706. The van der Waals surface area contributed by atoms with Crippen LogP contribution in [0.1, 0.15) is 13.8 Å². The number of halogens is 1. The van der Waals surface area contributed by atoms with Crippen LogP contribution >= 0.6 is 0 Å². The highest BCUT2D eigenvalue weighted by Crippen LogP contribution is 2.07. The first-order valence-electron chi connectivity index (χ1n) is 3.72. The largest absolute Gasteiger partial charge is 0.399 e. The van der Waals surface area contributed by atoms with Crippen LogP contribution in [0.15, 0.2) is 48.0 Å². The van der Waals surface area contributed by atoms with Gasteiger partial charge >= 0.3 is 0 Å². The molecule has 0 aromatic heterocycles. The second kappa shape index (κ2) is 5.35. The van der Waals surface area contributed by atoms with Crippen LogP contribution in [-0.4, -0.2) is 0 Å². The summed E-state index contributed by atoms with van der Waals surface area (Å²) in [6.45, 7) is 6.78. The molecule has 2 N–H and O–H groups in total. The average Bonchev–Trinajstić information content (AvgIpc) is 2.04. The van der Waals surface area contributed by atoms with E-state index < -0.39 is 5.83 Å². The topological polar surface area (TPSA) is 26.0 Å². The SMILES string of the molecule is C=C(F)\C=C/C(=C\C)C(/N)=C/C. The molecular weight excluding hydrogens is 153 g/mol. The minimum absolute atomic E-state index is 0.474. The van der Waals surface area contributed by atoms with Gasteiger partial charge in [0.1, 0.15) is 5.83 Å². The number of allylic oxidation sites excluding steroid dienone is 5. The lowest BCUT2D eigenvalue weighted by atomic mass is 10.1. The van der Waals surface area contributed by atoms with Gasteiger partial charge in [-0.05, 0) is 25.5 Å². The zero-order chi connectivity index (χ0) is 9.56. The van der Waals surface area contributed by atoms with Crippen LogP contribution in [-0.2, 0) is 0 Å². The molecule has 0 aliphatic rings. The van der Waals surface area contributed by atoms with E-state index in [2.05, 4.69) is 6.58 Å². The fraction of sp³-hybridized carbons (Fsp3) is 0.200. The summed E-state index contributed by atoms with van der Waals surface area (Å²) < 4.78 is 12.2. The van der Waals surface area contributed by atoms with E-state index in [4.69, 9.17) is 5.73 Å². The lowest BCUT2D eigenvalue weighted by Gasteiger charge is -1.99. The first-order chi connectivity index (χ1) is 5.61. The molecule has 0 bridgehead atoms. The molecule has 0 rings (SSSR count). The van der Waals surface area contributed by atoms with E-state index in [0.717, 1.165) is 5.57 Å². The Morgan fingerprint density at radius 2 is 1.83 bits per heavy atom. The maximum atomic E-state index is 12.2. The summed E-state index contributed by atoms with van der Waals surface area (Å²) in [7, 11) is 0. The summed E-state index contributed by atoms with van der Waals surface area (Å²) >= 11 is 0. The second-order valence-electron chi connectivity index (χ2n) is 2.27. The Morgan fingerprint density at radius 3 is 2.17 bits per heavy atom. The third-order valence-corrected chi connectivity index (χ3v) is 1.40. The molecule has 0 saturated heterocycles. The molecule has 1 nitrogen and oxygen atoms in total. The van der Waals surface area contributed by atoms with Gasteiger partial charge in [-0.3, -0.25) is 0 Å². The average molecular weight is 167 g/mol. The van der Waals surface area contributed by atoms with Gasteiger partial charge in [-0.1, -0.05) is 24.8 Å². The molecule has 12 heavy (non-hydrogen) atoms. The van der Waals surface area contributed by atoms with Crippen LogP contribution in [0, 0.1) is 0 Å². The standard InChI is InChI=1S/C10H14FN/c1-4-9(10(12)5-2)7-6-8(3)11/h4-7H,3,12H2,1-2H3/b7-6-,9-4+,10-5-. The summed E-state index contributed by atoms with van der Waals surface area (Å²) in [6, 6.07) is 0.